The van der Waals surface area contributed by atoms with Gasteiger partial charge >= 0.3 is 25.3 Å². The Hall–Kier alpha value is -16.0. The Morgan fingerprint density at radius 3 is 1.00 bits per heavy atom. The number of nitrogens with one attached hydrogen (secondary N) is 4. The molecule has 16 aromatic rings. The Morgan fingerprint density at radius 1 is 0.392 bits per heavy atom. The number of nitrogens with zero attached hydrogens (tertiary/aromatic N) is 17. The number of nitriles is 4. The molecule has 0 bridgehead atoms. The highest BCUT2D eigenvalue weighted by Crippen LogP contribution is 2.37. The van der Waals surface area contributed by atoms with Crippen molar-refractivity contribution < 1.29 is 84.1 Å². The maximum Gasteiger partial charge on any atom is 0.573 e. The van der Waals surface area contributed by atoms with Crippen molar-refractivity contribution in [2.24, 2.45) is 0 Å². The summed E-state index contributed by atoms with van der Waals surface area (Å²) in [6.07, 6.45) is -11.6. The number of rotatable bonds is 16. The van der Waals surface area contributed by atoms with Gasteiger partial charge in [0, 0.05) is 71.8 Å². The molecule has 16 rings (SSSR count). The van der Waals surface area contributed by atoms with Crippen molar-refractivity contribution in [1.29, 1.82) is 21.0 Å². The molecule has 0 fully saturated rings. The molecule has 0 radical (unpaired) electrons. The van der Waals surface area contributed by atoms with E-state index in [0.717, 1.165) is 72.8 Å². The summed E-state index contributed by atoms with van der Waals surface area (Å²) in [6, 6.07) is 46.4. The summed E-state index contributed by atoms with van der Waals surface area (Å²) in [5, 5.41) is 49.7. The van der Waals surface area contributed by atoms with Crippen molar-refractivity contribution in [3.05, 3.63) is 291 Å². The van der Waals surface area contributed by atoms with Crippen LogP contribution >= 0.6 is 11.6 Å². The summed E-state index contributed by atoms with van der Waals surface area (Å²) in [5.74, 6) is -1.74. The van der Waals surface area contributed by atoms with Crippen LogP contribution in [-0.2, 0) is 18.8 Å². The lowest BCUT2D eigenvalue weighted by atomic mass is 10.2. The zero-order chi connectivity index (χ0) is 89.7. The smallest absolute Gasteiger partial charge is 0.435 e. The maximum atomic E-state index is 14.1. The van der Waals surface area contributed by atoms with Crippen LogP contribution in [0.5, 0.6) is 11.5 Å². The molecule has 23 nitrogen and oxygen atoms in total. The molecule has 9 heterocycles. The van der Waals surface area contributed by atoms with E-state index < -0.39 is 77.1 Å². The van der Waals surface area contributed by atoms with Gasteiger partial charge in [-0.3, -0.25) is 18.3 Å². The van der Waals surface area contributed by atoms with E-state index in [-0.39, 0.29) is 90.4 Å². The van der Waals surface area contributed by atoms with Gasteiger partial charge in [0.1, 0.15) is 115 Å². The number of ether oxygens (including phenoxy) is 2. The van der Waals surface area contributed by atoms with E-state index in [1.165, 1.54) is 123 Å². The number of aryl methyl sites for hydroxylation is 4. The molecule has 0 atom stereocenters. The zero-order valence-corrected chi connectivity index (χ0v) is 64.7. The minimum Gasteiger partial charge on any atom is -0.435 e. The first-order valence-corrected chi connectivity index (χ1v) is 36.4. The van der Waals surface area contributed by atoms with Crippen LogP contribution in [0.1, 0.15) is 63.6 Å². The Balaban J connectivity index is 0.000000143. The largest absolute Gasteiger partial charge is 0.573 e. The molecule has 0 spiro atoms. The lowest BCUT2D eigenvalue weighted by Crippen LogP contribution is -2.17. The van der Waals surface area contributed by atoms with Crippen LogP contribution in [0.4, 0.5) is 121 Å². The highest BCUT2D eigenvalue weighted by Gasteiger charge is 2.33. The van der Waals surface area contributed by atoms with Gasteiger partial charge in [0.15, 0.2) is 23.1 Å². The van der Waals surface area contributed by atoms with E-state index in [1.807, 2.05) is 25.1 Å². The van der Waals surface area contributed by atoms with Crippen molar-refractivity contribution in [3.63, 3.8) is 0 Å². The second-order valence-corrected chi connectivity index (χ2v) is 26.9. The maximum absolute atomic E-state index is 14.1. The second-order valence-electron chi connectivity index (χ2n) is 26.4. The number of hydrogen-bond donors (Lipinski definition) is 4. The Kier molecular flexibility index (Phi) is 24.9. The molecule has 0 saturated carbocycles. The number of anilines is 8. The summed E-state index contributed by atoms with van der Waals surface area (Å²) >= 11 is 6.10. The molecule has 7 aromatic carbocycles. The van der Waals surface area contributed by atoms with Crippen molar-refractivity contribution in [2.75, 3.05) is 21.3 Å². The van der Waals surface area contributed by atoms with E-state index in [4.69, 9.17) is 11.6 Å². The van der Waals surface area contributed by atoms with E-state index in [9.17, 15) is 95.7 Å². The monoisotopic (exact) mass is 1740 g/mol. The van der Waals surface area contributed by atoms with Gasteiger partial charge < -0.3 is 30.7 Å². The first-order chi connectivity index (χ1) is 59.4. The number of aromatic nitrogens is 13. The van der Waals surface area contributed by atoms with Crippen molar-refractivity contribution >= 4 is 102 Å². The molecule has 0 amide bonds. The van der Waals surface area contributed by atoms with Gasteiger partial charge in [0.05, 0.1) is 84.7 Å². The summed E-state index contributed by atoms with van der Waals surface area (Å²) in [7, 11) is 0. The Bertz CT molecular complexity index is 6970. The molecule has 0 aliphatic rings. The quantitative estimate of drug-likeness (QED) is 0.0653. The molecule has 9 aromatic heterocycles. The molecule has 41 heteroatoms. The van der Waals surface area contributed by atoms with Crippen molar-refractivity contribution in [1.82, 2.24) is 63.1 Å². The average Bonchev–Trinajstić information content (AvgIpc) is 1.64. The Labute approximate surface area is 697 Å². The van der Waals surface area contributed by atoms with Gasteiger partial charge in [0.2, 0.25) is 0 Å². The molecule has 125 heavy (non-hydrogen) atoms. The first-order valence-electron chi connectivity index (χ1n) is 36.0. The lowest BCUT2D eigenvalue weighted by Gasteiger charge is -2.12. The van der Waals surface area contributed by atoms with E-state index in [2.05, 4.69) is 81.7 Å². The third-order valence-electron chi connectivity index (χ3n) is 17.8. The van der Waals surface area contributed by atoms with Gasteiger partial charge in [0.25, 0.3) is 0 Å². The Morgan fingerprint density at radius 2 is 0.704 bits per heavy atom. The van der Waals surface area contributed by atoms with Crippen LogP contribution in [-0.4, -0.2) is 76.1 Å². The molecular formula is C84H51ClF17N21O2. The summed E-state index contributed by atoms with van der Waals surface area (Å²) in [5.41, 5.74) is 2.36. The number of halogens is 18. The first kappa shape index (κ1) is 86.9. The van der Waals surface area contributed by atoms with Crippen molar-refractivity contribution in [2.45, 2.75) is 59.4 Å². The number of imidazole rings is 4. The van der Waals surface area contributed by atoms with Crippen LogP contribution in [0.3, 0.4) is 0 Å². The predicted molar refractivity (Wildman–Crippen MR) is 423 cm³/mol. The number of pyridine rings is 5. The van der Waals surface area contributed by atoms with Gasteiger partial charge in [-0.15, -0.1) is 13.2 Å². The fourth-order valence-corrected chi connectivity index (χ4v) is 12.7. The predicted octanol–water partition coefficient (Wildman–Crippen LogP) is 22.1. The van der Waals surface area contributed by atoms with E-state index in [0.29, 0.717) is 85.9 Å². The SMILES string of the molecule is CCc1nc2ncc(Cl)cc2n1-c1cc(C#N)cc(Nc2ccc(C(F)(F)F)cc2)n1.Cc1nc2c(F)cc(F)cc2n1-c1cc(C#N)cc(Nc2ccc(C(F)(F)F)cc2)n1.Cc1nc2c(F)cc(F)cc2n1-c1cc(C#N)cc(Nc2ccc(OC(F)(F)F)cc2)n1.Cc1nc2c(F)cc(F)cc2n1-c1cc(C#N)cc(Nc2ccc(OC(F)F)cc2)n1. The fraction of sp³-hybridized carbons (Fsp3) is 0.107. The van der Waals surface area contributed by atoms with Crippen LogP contribution in [0.25, 0.3) is 67.5 Å². The summed E-state index contributed by atoms with van der Waals surface area (Å²) in [6.45, 7) is 3.74. The highest BCUT2D eigenvalue weighted by molar-refractivity contribution is 6.31. The van der Waals surface area contributed by atoms with Gasteiger partial charge in [-0.25, -0.2) is 71.2 Å². The van der Waals surface area contributed by atoms with Crippen LogP contribution < -0.4 is 30.7 Å². The van der Waals surface area contributed by atoms with Crippen molar-refractivity contribution in [3.8, 4) is 59.0 Å². The third-order valence-corrected chi connectivity index (χ3v) is 18.0. The molecule has 0 saturated heterocycles. The van der Waals surface area contributed by atoms with Gasteiger partial charge in [-0.1, -0.05) is 18.5 Å². The van der Waals surface area contributed by atoms with E-state index >= 15 is 0 Å². The average molecular weight is 1740 g/mol. The molecule has 4 N–H and O–H groups in total. The number of alkyl halides is 11. The van der Waals surface area contributed by atoms with Crippen LogP contribution in [0.2, 0.25) is 5.02 Å². The molecule has 0 unspecified atom stereocenters. The second kappa shape index (κ2) is 35.8. The molecular weight excluding hydrogens is 1690 g/mol. The summed E-state index contributed by atoms with van der Waals surface area (Å²) < 4.78 is 236. The summed E-state index contributed by atoms with van der Waals surface area (Å²) in [4.78, 5) is 38.8. The molecule has 0 aliphatic heterocycles. The molecule has 0 aliphatic carbocycles. The normalized spacial score (nSPS) is 11.4. The van der Waals surface area contributed by atoms with Crippen LogP contribution in [0, 0.1) is 101 Å². The highest BCUT2D eigenvalue weighted by atomic mass is 35.5. The number of fused-ring (bicyclic) bond motifs is 4. The minimum absolute atomic E-state index is 0.00969. The lowest BCUT2D eigenvalue weighted by molar-refractivity contribution is -0.274. The van der Waals surface area contributed by atoms with Crippen LogP contribution in [0.15, 0.2) is 194 Å². The number of benzene rings is 7. The van der Waals surface area contributed by atoms with E-state index in [1.54, 1.807) is 37.5 Å². The number of hydrogen-bond acceptors (Lipinski definition) is 19. The third kappa shape index (κ3) is 20.4. The standard InChI is InChI=1S/C21H14ClF3N6.C21H12F5N5O.C21H12F5N5.C21H13F4N5O/c1-2-18-30-20-16(9-14(22)11-27-20)31(18)19-8-12(10-26)7-17(29-19)28-15-5-3-13(4-6-15)21(23,24)25;1-11-28-20-16(23)8-13(22)9-17(20)31(11)19-7-12(10-27)6-18(30-19)29-14-2-4-15(5-3-14)32-21(24,25)26;1-11-28-20-16(23)8-14(22)9-17(20)31(11)19-7-12(10-27)6-18(30-19)29-15-4-2-13(3-5-15)21(24,25)26;1-11-27-20-16(23)8-13(22)9-17(20)30(11)19-7-12(10-26)6-18(29-19)28-14-2-4-15(5-3-14)31-21(24)25/h3-9,11H,2H2,1H3,(H,28,29);2-9H,1H3,(H,29,30);2-9H,1H3,(H,29,30);2-9,21H,1H3,(H,28,29). The molecule has 630 valence electrons. The van der Waals surface area contributed by atoms with Gasteiger partial charge in [-0.2, -0.15) is 56.2 Å². The van der Waals surface area contributed by atoms with Gasteiger partial charge in [-0.05, 0) is 172 Å². The topological polar surface area (TPSA) is 297 Å². The zero-order valence-electron chi connectivity index (χ0n) is 64.0. The fourth-order valence-electron chi connectivity index (χ4n) is 12.6. The minimum atomic E-state index is -4.81.